The van der Waals surface area contributed by atoms with Crippen molar-refractivity contribution in [1.29, 1.82) is 0 Å². The molecule has 120 valence electrons. The van der Waals surface area contributed by atoms with Gasteiger partial charge in [0.1, 0.15) is 5.82 Å². The van der Waals surface area contributed by atoms with Crippen molar-refractivity contribution in [3.63, 3.8) is 0 Å². The predicted octanol–water partition coefficient (Wildman–Crippen LogP) is 4.17. The van der Waals surface area contributed by atoms with Gasteiger partial charge in [0.05, 0.1) is 17.6 Å². The lowest BCUT2D eigenvalue weighted by Crippen LogP contribution is -2.21. The summed E-state index contributed by atoms with van der Waals surface area (Å²) in [4.78, 5) is 7.29. The SMILES string of the molecule is Cc1cnc(CN2CCCC2)n2c1c(CCCl)c1ccccc12. The quantitative estimate of drug-likeness (QED) is 0.670. The normalized spacial score (nSPS) is 15.9. The maximum atomic E-state index is 6.09. The van der Waals surface area contributed by atoms with Crippen molar-refractivity contribution < 1.29 is 0 Å². The van der Waals surface area contributed by atoms with Gasteiger partial charge in [0.15, 0.2) is 0 Å². The van der Waals surface area contributed by atoms with E-state index in [0.29, 0.717) is 5.88 Å². The van der Waals surface area contributed by atoms with E-state index in [-0.39, 0.29) is 0 Å². The highest BCUT2D eigenvalue weighted by Gasteiger charge is 2.19. The van der Waals surface area contributed by atoms with Crippen LogP contribution in [-0.2, 0) is 13.0 Å². The van der Waals surface area contributed by atoms with Gasteiger partial charge in [-0.05, 0) is 56.5 Å². The first-order valence-corrected chi connectivity index (χ1v) is 8.98. The van der Waals surface area contributed by atoms with Crippen LogP contribution in [0.5, 0.6) is 0 Å². The second kappa shape index (κ2) is 6.14. The van der Waals surface area contributed by atoms with E-state index in [9.17, 15) is 0 Å². The minimum atomic E-state index is 0.646. The maximum absolute atomic E-state index is 6.09. The molecule has 1 fully saturated rings. The van der Waals surface area contributed by atoms with Crippen molar-refractivity contribution in [2.45, 2.75) is 32.7 Å². The fourth-order valence-electron chi connectivity index (χ4n) is 3.88. The smallest absolute Gasteiger partial charge is 0.127 e. The van der Waals surface area contributed by atoms with E-state index in [1.165, 1.54) is 53.5 Å². The average Bonchev–Trinajstić information content (AvgIpc) is 3.18. The third-order valence-electron chi connectivity index (χ3n) is 4.93. The van der Waals surface area contributed by atoms with Gasteiger partial charge < -0.3 is 0 Å². The molecule has 1 saturated heterocycles. The topological polar surface area (TPSA) is 20.5 Å². The standard InChI is InChI=1S/C19H22ClN3/c1-14-12-21-18(13-22-10-4-5-11-22)23-17-7-3-2-6-15(17)16(8-9-20)19(14)23/h2-3,6-7,12H,4-5,8-11,13H2,1H3. The molecule has 0 bridgehead atoms. The van der Waals surface area contributed by atoms with Crippen molar-refractivity contribution in [2.75, 3.05) is 19.0 Å². The Morgan fingerprint density at radius 1 is 1.17 bits per heavy atom. The minimum absolute atomic E-state index is 0.646. The number of halogens is 1. The lowest BCUT2D eigenvalue weighted by Gasteiger charge is -2.16. The van der Waals surface area contributed by atoms with Crippen LogP contribution in [0.2, 0.25) is 0 Å². The van der Waals surface area contributed by atoms with E-state index >= 15 is 0 Å². The summed E-state index contributed by atoms with van der Waals surface area (Å²) in [5.41, 5.74) is 5.15. The minimum Gasteiger partial charge on any atom is -0.296 e. The number of alkyl halides is 1. The van der Waals surface area contributed by atoms with E-state index in [1.54, 1.807) is 0 Å². The molecule has 3 aromatic rings. The zero-order chi connectivity index (χ0) is 15.8. The summed E-state index contributed by atoms with van der Waals surface area (Å²) in [5.74, 6) is 1.79. The highest BCUT2D eigenvalue weighted by Crippen LogP contribution is 2.30. The molecular formula is C19H22ClN3. The van der Waals surface area contributed by atoms with Gasteiger partial charge in [0, 0.05) is 17.5 Å². The Labute approximate surface area is 141 Å². The molecule has 0 saturated carbocycles. The number of benzene rings is 1. The van der Waals surface area contributed by atoms with Crippen LogP contribution in [0.15, 0.2) is 30.5 Å². The Morgan fingerprint density at radius 2 is 1.96 bits per heavy atom. The van der Waals surface area contributed by atoms with Gasteiger partial charge in [-0.25, -0.2) is 4.98 Å². The summed E-state index contributed by atoms with van der Waals surface area (Å²) in [6.07, 6.45) is 5.53. The Hall–Kier alpha value is -1.58. The van der Waals surface area contributed by atoms with Gasteiger partial charge in [0.25, 0.3) is 0 Å². The molecule has 0 amide bonds. The number of nitrogens with zero attached hydrogens (tertiary/aromatic N) is 3. The molecule has 0 spiro atoms. The van der Waals surface area contributed by atoms with Crippen LogP contribution in [0.25, 0.3) is 16.4 Å². The van der Waals surface area contributed by atoms with Crippen molar-refractivity contribution in [3.05, 3.63) is 47.4 Å². The number of fused-ring (bicyclic) bond motifs is 3. The molecule has 3 nitrogen and oxygen atoms in total. The van der Waals surface area contributed by atoms with Crippen molar-refractivity contribution >= 4 is 28.0 Å². The first kappa shape index (κ1) is 15.0. The monoisotopic (exact) mass is 327 g/mol. The van der Waals surface area contributed by atoms with Gasteiger partial charge in [0.2, 0.25) is 0 Å². The van der Waals surface area contributed by atoms with Crippen LogP contribution < -0.4 is 0 Å². The number of aromatic nitrogens is 2. The largest absolute Gasteiger partial charge is 0.296 e. The van der Waals surface area contributed by atoms with E-state index in [1.807, 2.05) is 6.20 Å². The molecule has 0 N–H and O–H groups in total. The third-order valence-corrected chi connectivity index (χ3v) is 5.12. The molecule has 0 unspecified atom stereocenters. The number of para-hydroxylation sites is 1. The highest BCUT2D eigenvalue weighted by molar-refractivity contribution is 6.18. The van der Waals surface area contributed by atoms with Crippen LogP contribution in [0.3, 0.4) is 0 Å². The van der Waals surface area contributed by atoms with E-state index in [4.69, 9.17) is 16.6 Å². The molecule has 1 aliphatic heterocycles. The Kier molecular flexibility index (Phi) is 4.00. The van der Waals surface area contributed by atoms with Crippen LogP contribution in [0.4, 0.5) is 0 Å². The average molecular weight is 328 g/mol. The van der Waals surface area contributed by atoms with Crippen molar-refractivity contribution in [3.8, 4) is 0 Å². The fourth-order valence-corrected chi connectivity index (χ4v) is 4.07. The fraction of sp³-hybridized carbons (Fsp3) is 0.421. The Morgan fingerprint density at radius 3 is 2.74 bits per heavy atom. The Bertz CT molecular complexity index is 847. The summed E-state index contributed by atoms with van der Waals surface area (Å²) < 4.78 is 2.37. The second-order valence-corrected chi connectivity index (χ2v) is 6.84. The molecule has 4 heteroatoms. The molecule has 3 heterocycles. The molecular weight excluding hydrogens is 306 g/mol. The number of likely N-dealkylation sites (tertiary alicyclic amines) is 1. The van der Waals surface area contributed by atoms with Gasteiger partial charge in [-0.1, -0.05) is 18.2 Å². The molecule has 23 heavy (non-hydrogen) atoms. The summed E-state index contributed by atoms with van der Waals surface area (Å²) >= 11 is 6.09. The van der Waals surface area contributed by atoms with Gasteiger partial charge >= 0.3 is 0 Å². The van der Waals surface area contributed by atoms with Crippen LogP contribution in [0.1, 0.15) is 29.8 Å². The number of rotatable bonds is 4. The van der Waals surface area contributed by atoms with E-state index in [2.05, 4.69) is 40.5 Å². The van der Waals surface area contributed by atoms with Crippen molar-refractivity contribution in [2.24, 2.45) is 0 Å². The van der Waals surface area contributed by atoms with E-state index < -0.39 is 0 Å². The van der Waals surface area contributed by atoms with Gasteiger partial charge in [-0.15, -0.1) is 11.6 Å². The number of aryl methyl sites for hydroxylation is 2. The zero-order valence-electron chi connectivity index (χ0n) is 13.6. The molecule has 1 aromatic carbocycles. The molecule has 0 aliphatic carbocycles. The number of hydrogen-bond acceptors (Lipinski definition) is 2. The van der Waals surface area contributed by atoms with Crippen LogP contribution >= 0.6 is 11.6 Å². The van der Waals surface area contributed by atoms with Crippen LogP contribution in [-0.4, -0.2) is 33.3 Å². The van der Waals surface area contributed by atoms with E-state index in [0.717, 1.165) is 18.8 Å². The summed E-state index contributed by atoms with van der Waals surface area (Å²) in [7, 11) is 0. The molecule has 1 aliphatic rings. The molecule has 0 radical (unpaired) electrons. The molecule has 0 atom stereocenters. The summed E-state index contributed by atoms with van der Waals surface area (Å²) in [5, 5.41) is 1.31. The highest BCUT2D eigenvalue weighted by atomic mass is 35.5. The van der Waals surface area contributed by atoms with Crippen molar-refractivity contribution in [1.82, 2.24) is 14.3 Å². The molecule has 2 aromatic heterocycles. The lowest BCUT2D eigenvalue weighted by atomic mass is 10.1. The number of hydrogen-bond donors (Lipinski definition) is 0. The lowest BCUT2D eigenvalue weighted by molar-refractivity contribution is 0.321. The van der Waals surface area contributed by atoms with Crippen LogP contribution in [0, 0.1) is 6.92 Å². The summed E-state index contributed by atoms with van der Waals surface area (Å²) in [6.45, 7) is 5.45. The zero-order valence-corrected chi connectivity index (χ0v) is 14.3. The predicted molar refractivity (Wildman–Crippen MR) is 96.4 cm³/mol. The first-order valence-electron chi connectivity index (χ1n) is 8.44. The Balaban J connectivity index is 1.97. The van der Waals surface area contributed by atoms with Gasteiger partial charge in [-0.2, -0.15) is 0 Å². The maximum Gasteiger partial charge on any atom is 0.127 e. The third kappa shape index (κ3) is 2.52. The summed E-state index contributed by atoms with van der Waals surface area (Å²) in [6, 6.07) is 8.64. The molecule has 4 rings (SSSR count). The first-order chi connectivity index (χ1) is 11.3. The van der Waals surface area contributed by atoms with Gasteiger partial charge in [-0.3, -0.25) is 9.30 Å². The second-order valence-electron chi connectivity index (χ2n) is 6.46.